The summed E-state index contributed by atoms with van der Waals surface area (Å²) >= 11 is 0. The van der Waals surface area contributed by atoms with Crippen LogP contribution in [0.2, 0.25) is 0 Å². The van der Waals surface area contributed by atoms with Gasteiger partial charge in [0.1, 0.15) is 0 Å². The Hall–Kier alpha value is -3.19. The minimum atomic E-state index is 0.206. The molecule has 1 atom stereocenters. The molecular weight excluding hydrogens is 340 g/mol. The van der Waals surface area contributed by atoms with E-state index in [0.29, 0.717) is 24.4 Å². The van der Waals surface area contributed by atoms with Crippen molar-refractivity contribution in [3.05, 3.63) is 60.7 Å². The second-order valence-corrected chi connectivity index (χ2v) is 6.30. The highest BCUT2D eigenvalue weighted by molar-refractivity contribution is 5.58. The molecule has 0 aliphatic carbocycles. The molecule has 3 aromatic rings. The standard InChI is InChI=1S/C20H22N6O/c1-3-8-15(9-4-1)22-19-24-18(21-14-17-12-7-13-27-17)25-20(26-19)23-16-10-5-2-6-11-16/h1-6,8-11,17H,7,12-14H2,(H3,21,22,23,24,25,26). The normalized spacial score (nSPS) is 16.1. The lowest BCUT2D eigenvalue weighted by atomic mass is 10.2. The number of ether oxygens (including phenoxy) is 1. The van der Waals surface area contributed by atoms with Crippen LogP contribution >= 0.6 is 0 Å². The van der Waals surface area contributed by atoms with Crippen LogP contribution in [0.15, 0.2) is 60.7 Å². The Balaban J connectivity index is 1.54. The van der Waals surface area contributed by atoms with Crippen LogP contribution in [0.25, 0.3) is 0 Å². The van der Waals surface area contributed by atoms with Crippen molar-refractivity contribution in [2.45, 2.75) is 18.9 Å². The lowest BCUT2D eigenvalue weighted by Gasteiger charge is -2.13. The Morgan fingerprint density at radius 3 is 1.85 bits per heavy atom. The van der Waals surface area contributed by atoms with Gasteiger partial charge < -0.3 is 20.7 Å². The van der Waals surface area contributed by atoms with Gasteiger partial charge in [0.15, 0.2) is 0 Å². The number of hydrogen-bond donors (Lipinski definition) is 3. The van der Waals surface area contributed by atoms with Gasteiger partial charge in [-0.2, -0.15) is 15.0 Å². The number of aromatic nitrogens is 3. The van der Waals surface area contributed by atoms with Gasteiger partial charge in [0, 0.05) is 24.5 Å². The summed E-state index contributed by atoms with van der Waals surface area (Å²) in [6.45, 7) is 1.50. The number of nitrogens with one attached hydrogen (secondary N) is 3. The van der Waals surface area contributed by atoms with Crippen molar-refractivity contribution in [1.82, 2.24) is 15.0 Å². The summed E-state index contributed by atoms with van der Waals surface area (Å²) in [5.41, 5.74) is 1.83. The number of hydrogen-bond acceptors (Lipinski definition) is 7. The quantitative estimate of drug-likeness (QED) is 0.587. The summed E-state index contributed by atoms with van der Waals surface area (Å²) in [6.07, 6.45) is 2.37. The monoisotopic (exact) mass is 362 g/mol. The average Bonchev–Trinajstić information content (AvgIpc) is 3.22. The van der Waals surface area contributed by atoms with Crippen molar-refractivity contribution in [3.8, 4) is 0 Å². The van der Waals surface area contributed by atoms with Gasteiger partial charge in [-0.05, 0) is 37.1 Å². The van der Waals surface area contributed by atoms with Gasteiger partial charge in [-0.3, -0.25) is 0 Å². The van der Waals surface area contributed by atoms with Crippen LogP contribution < -0.4 is 16.0 Å². The van der Waals surface area contributed by atoms with Crippen molar-refractivity contribution >= 4 is 29.2 Å². The molecule has 1 aromatic heterocycles. The maximum Gasteiger partial charge on any atom is 0.233 e. The molecule has 7 nitrogen and oxygen atoms in total. The van der Waals surface area contributed by atoms with Crippen LogP contribution in [0.4, 0.5) is 29.2 Å². The first-order valence-electron chi connectivity index (χ1n) is 9.11. The second kappa shape index (κ2) is 8.46. The van der Waals surface area contributed by atoms with Gasteiger partial charge in [0.05, 0.1) is 6.10 Å². The van der Waals surface area contributed by atoms with E-state index in [9.17, 15) is 0 Å². The summed E-state index contributed by atoms with van der Waals surface area (Å²) in [4.78, 5) is 13.5. The lowest BCUT2D eigenvalue weighted by molar-refractivity contribution is 0.120. The van der Waals surface area contributed by atoms with Crippen LogP contribution in [0, 0.1) is 0 Å². The second-order valence-electron chi connectivity index (χ2n) is 6.30. The number of para-hydroxylation sites is 2. The van der Waals surface area contributed by atoms with E-state index in [-0.39, 0.29) is 6.10 Å². The Labute approximate surface area is 158 Å². The molecule has 0 spiro atoms. The molecule has 1 unspecified atom stereocenters. The van der Waals surface area contributed by atoms with Gasteiger partial charge in [-0.25, -0.2) is 0 Å². The molecule has 4 rings (SSSR count). The lowest BCUT2D eigenvalue weighted by Crippen LogP contribution is -2.20. The molecule has 7 heteroatoms. The molecule has 0 bridgehead atoms. The third-order valence-corrected chi connectivity index (χ3v) is 4.21. The zero-order valence-electron chi connectivity index (χ0n) is 14.9. The highest BCUT2D eigenvalue weighted by atomic mass is 16.5. The summed E-state index contributed by atoms with van der Waals surface area (Å²) in [7, 11) is 0. The van der Waals surface area contributed by atoms with E-state index < -0.39 is 0 Å². The molecule has 138 valence electrons. The summed E-state index contributed by atoms with van der Waals surface area (Å²) in [6, 6.07) is 19.6. The molecular formula is C20H22N6O. The minimum Gasteiger partial charge on any atom is -0.376 e. The molecule has 1 aliphatic heterocycles. The van der Waals surface area contributed by atoms with E-state index in [2.05, 4.69) is 30.9 Å². The van der Waals surface area contributed by atoms with Crippen molar-refractivity contribution in [2.24, 2.45) is 0 Å². The first-order chi connectivity index (χ1) is 13.3. The molecule has 2 heterocycles. The molecule has 1 aliphatic rings. The Morgan fingerprint density at radius 1 is 0.778 bits per heavy atom. The number of rotatable bonds is 7. The van der Waals surface area contributed by atoms with E-state index in [1.165, 1.54) is 0 Å². The van der Waals surface area contributed by atoms with Crippen LogP contribution in [0.3, 0.4) is 0 Å². The third kappa shape index (κ3) is 4.92. The van der Waals surface area contributed by atoms with E-state index in [1.807, 2.05) is 60.7 Å². The van der Waals surface area contributed by atoms with Gasteiger partial charge >= 0.3 is 0 Å². The Morgan fingerprint density at radius 2 is 1.33 bits per heavy atom. The van der Waals surface area contributed by atoms with E-state index in [1.54, 1.807) is 0 Å². The average molecular weight is 362 g/mol. The largest absolute Gasteiger partial charge is 0.376 e. The van der Waals surface area contributed by atoms with Crippen LogP contribution in [0.5, 0.6) is 0 Å². The first kappa shape index (κ1) is 17.2. The SMILES string of the molecule is c1ccc(Nc2nc(NCC3CCCO3)nc(Nc3ccccc3)n2)cc1. The van der Waals surface area contributed by atoms with E-state index >= 15 is 0 Å². The van der Waals surface area contributed by atoms with Gasteiger partial charge in [-0.1, -0.05) is 36.4 Å². The van der Waals surface area contributed by atoms with Crippen molar-refractivity contribution in [2.75, 3.05) is 29.1 Å². The maximum atomic E-state index is 5.66. The van der Waals surface area contributed by atoms with Gasteiger partial charge in [0.2, 0.25) is 17.8 Å². The zero-order chi connectivity index (χ0) is 18.3. The predicted molar refractivity (Wildman–Crippen MR) is 107 cm³/mol. The summed E-state index contributed by atoms with van der Waals surface area (Å²) < 4.78 is 5.66. The van der Waals surface area contributed by atoms with Crippen molar-refractivity contribution in [1.29, 1.82) is 0 Å². The fourth-order valence-corrected chi connectivity index (χ4v) is 2.88. The molecule has 0 radical (unpaired) electrons. The number of benzene rings is 2. The molecule has 0 saturated carbocycles. The highest BCUT2D eigenvalue weighted by Gasteiger charge is 2.16. The van der Waals surface area contributed by atoms with E-state index in [0.717, 1.165) is 30.8 Å². The molecule has 3 N–H and O–H groups in total. The minimum absolute atomic E-state index is 0.206. The number of anilines is 5. The van der Waals surface area contributed by atoms with E-state index in [4.69, 9.17) is 4.74 Å². The molecule has 1 fully saturated rings. The van der Waals surface area contributed by atoms with Crippen LogP contribution in [-0.2, 0) is 4.74 Å². The first-order valence-corrected chi connectivity index (χ1v) is 9.11. The van der Waals surface area contributed by atoms with Crippen molar-refractivity contribution < 1.29 is 4.74 Å². The van der Waals surface area contributed by atoms with Gasteiger partial charge in [0.25, 0.3) is 0 Å². The van der Waals surface area contributed by atoms with Crippen molar-refractivity contribution in [3.63, 3.8) is 0 Å². The zero-order valence-corrected chi connectivity index (χ0v) is 14.9. The summed E-state index contributed by atoms with van der Waals surface area (Å²) in [5.74, 6) is 1.46. The Kier molecular flexibility index (Phi) is 5.40. The molecule has 1 saturated heterocycles. The Bertz CT molecular complexity index is 793. The predicted octanol–water partition coefficient (Wildman–Crippen LogP) is 3.95. The molecule has 0 amide bonds. The van der Waals surface area contributed by atoms with Gasteiger partial charge in [-0.15, -0.1) is 0 Å². The van der Waals surface area contributed by atoms with Crippen LogP contribution in [-0.4, -0.2) is 34.2 Å². The molecule has 27 heavy (non-hydrogen) atoms. The smallest absolute Gasteiger partial charge is 0.233 e. The maximum absolute atomic E-state index is 5.66. The highest BCUT2D eigenvalue weighted by Crippen LogP contribution is 2.19. The fraction of sp³-hybridized carbons (Fsp3) is 0.250. The fourth-order valence-electron chi connectivity index (χ4n) is 2.88. The number of nitrogens with zero attached hydrogens (tertiary/aromatic N) is 3. The molecule has 2 aromatic carbocycles. The third-order valence-electron chi connectivity index (χ3n) is 4.21. The summed E-state index contributed by atoms with van der Waals surface area (Å²) in [5, 5.41) is 9.72. The topological polar surface area (TPSA) is 84.0 Å². The van der Waals surface area contributed by atoms with Crippen LogP contribution in [0.1, 0.15) is 12.8 Å².